The first-order valence-corrected chi connectivity index (χ1v) is 8.72. The molecular formula is C20H24N2O3. The molecule has 0 bridgehead atoms. The van der Waals surface area contributed by atoms with E-state index in [1.54, 1.807) is 4.90 Å². The monoisotopic (exact) mass is 340 g/mol. The molecule has 0 saturated carbocycles. The number of benzene rings is 2. The maximum Gasteiger partial charge on any atom is 0.322 e. The number of fused-ring (bicyclic) bond motifs is 1. The number of aliphatic hydroxyl groups is 1. The van der Waals surface area contributed by atoms with Crippen molar-refractivity contribution in [1.29, 1.82) is 0 Å². The quantitative estimate of drug-likeness (QED) is 0.844. The number of nitrogens with zero attached hydrogens (tertiary/aromatic N) is 1. The van der Waals surface area contributed by atoms with Crippen molar-refractivity contribution in [3.05, 3.63) is 59.7 Å². The van der Waals surface area contributed by atoms with Gasteiger partial charge in [-0.25, -0.2) is 4.79 Å². The number of urea groups is 1. The summed E-state index contributed by atoms with van der Waals surface area (Å²) in [6.45, 7) is 2.79. The lowest BCUT2D eigenvalue weighted by Crippen LogP contribution is -2.39. The van der Waals surface area contributed by atoms with E-state index in [-0.39, 0.29) is 18.7 Å². The first-order chi connectivity index (χ1) is 12.2. The molecule has 5 heteroatoms. The molecule has 1 aliphatic rings. The van der Waals surface area contributed by atoms with E-state index in [1.807, 2.05) is 43.3 Å². The summed E-state index contributed by atoms with van der Waals surface area (Å²) < 4.78 is 5.42. The van der Waals surface area contributed by atoms with Crippen molar-refractivity contribution >= 4 is 11.7 Å². The highest BCUT2D eigenvalue weighted by molar-refractivity contribution is 5.89. The second kappa shape index (κ2) is 8.03. The zero-order valence-electron chi connectivity index (χ0n) is 14.4. The summed E-state index contributed by atoms with van der Waals surface area (Å²) in [6, 6.07) is 15.3. The van der Waals surface area contributed by atoms with Gasteiger partial charge in [-0.2, -0.15) is 0 Å². The number of carbonyl (C=O) groups is 1. The zero-order chi connectivity index (χ0) is 17.6. The standard InChI is InChI=1S/C20H24N2O3/c1-2-25-17-10-8-16(9-11-17)21-20(24)22(13-14-23)19-12-7-15-5-3-4-6-18(15)19/h3-6,8-11,19,23H,2,7,12-14H2,1H3,(H,21,24). The van der Waals surface area contributed by atoms with Gasteiger partial charge in [0.25, 0.3) is 0 Å². The Balaban J connectivity index is 1.73. The highest BCUT2D eigenvalue weighted by atomic mass is 16.5. The minimum absolute atomic E-state index is 0.00560. The molecule has 0 aromatic heterocycles. The Hall–Kier alpha value is -2.53. The van der Waals surface area contributed by atoms with Gasteiger partial charge >= 0.3 is 6.03 Å². The van der Waals surface area contributed by atoms with Crippen LogP contribution in [-0.2, 0) is 6.42 Å². The molecule has 2 aromatic carbocycles. The van der Waals surface area contributed by atoms with Gasteiger partial charge in [0.05, 0.1) is 19.3 Å². The average Bonchev–Trinajstić information content (AvgIpc) is 3.05. The number of ether oxygens (including phenoxy) is 1. The number of hydrogen-bond acceptors (Lipinski definition) is 3. The van der Waals surface area contributed by atoms with Crippen LogP contribution in [0.3, 0.4) is 0 Å². The van der Waals surface area contributed by atoms with Gasteiger partial charge in [-0.1, -0.05) is 24.3 Å². The minimum atomic E-state index is -0.195. The molecule has 2 N–H and O–H groups in total. The van der Waals surface area contributed by atoms with E-state index in [1.165, 1.54) is 11.1 Å². The van der Waals surface area contributed by atoms with Crippen LogP contribution < -0.4 is 10.1 Å². The molecule has 2 amide bonds. The first kappa shape index (κ1) is 17.3. The van der Waals surface area contributed by atoms with Crippen molar-refractivity contribution in [3.8, 4) is 5.75 Å². The number of rotatable bonds is 6. The maximum atomic E-state index is 12.8. The molecule has 1 atom stereocenters. The molecule has 0 spiro atoms. The largest absolute Gasteiger partial charge is 0.494 e. The van der Waals surface area contributed by atoms with Crippen LogP contribution in [0.5, 0.6) is 5.75 Å². The molecule has 5 nitrogen and oxygen atoms in total. The van der Waals surface area contributed by atoms with Crippen molar-refractivity contribution in [2.24, 2.45) is 0 Å². The van der Waals surface area contributed by atoms with Crippen LogP contribution in [-0.4, -0.2) is 35.8 Å². The van der Waals surface area contributed by atoms with Crippen molar-refractivity contribution in [1.82, 2.24) is 4.90 Å². The second-order valence-electron chi connectivity index (χ2n) is 6.06. The van der Waals surface area contributed by atoms with Crippen LogP contribution in [0.15, 0.2) is 48.5 Å². The Morgan fingerprint density at radius 3 is 2.72 bits per heavy atom. The fourth-order valence-corrected chi connectivity index (χ4v) is 3.36. The van der Waals surface area contributed by atoms with Gasteiger partial charge in [0.15, 0.2) is 0 Å². The third-order valence-corrected chi connectivity index (χ3v) is 4.50. The van der Waals surface area contributed by atoms with E-state index in [0.717, 1.165) is 18.6 Å². The molecule has 0 radical (unpaired) electrons. The fourth-order valence-electron chi connectivity index (χ4n) is 3.36. The summed E-state index contributed by atoms with van der Waals surface area (Å²) in [5, 5.41) is 12.3. The molecule has 3 rings (SSSR count). The maximum absolute atomic E-state index is 12.8. The lowest BCUT2D eigenvalue weighted by molar-refractivity contribution is 0.162. The van der Waals surface area contributed by atoms with Crippen LogP contribution in [0.4, 0.5) is 10.5 Å². The highest BCUT2D eigenvalue weighted by Crippen LogP contribution is 2.35. The average molecular weight is 340 g/mol. The number of anilines is 1. The van der Waals surface area contributed by atoms with Gasteiger partial charge in [0.2, 0.25) is 0 Å². The summed E-state index contributed by atoms with van der Waals surface area (Å²) in [5.41, 5.74) is 3.17. The number of carbonyl (C=O) groups excluding carboxylic acids is 1. The van der Waals surface area contributed by atoms with Crippen LogP contribution in [0.25, 0.3) is 0 Å². The molecule has 0 saturated heterocycles. The van der Waals surface area contributed by atoms with E-state index in [9.17, 15) is 9.90 Å². The Morgan fingerprint density at radius 1 is 1.24 bits per heavy atom. The zero-order valence-corrected chi connectivity index (χ0v) is 14.4. The molecule has 1 aliphatic carbocycles. The number of aryl methyl sites for hydroxylation is 1. The Morgan fingerprint density at radius 2 is 2.00 bits per heavy atom. The Labute approximate surface area is 148 Å². The highest BCUT2D eigenvalue weighted by Gasteiger charge is 2.30. The number of hydrogen-bond donors (Lipinski definition) is 2. The molecule has 2 aromatic rings. The Bertz CT molecular complexity index is 715. The molecule has 0 aliphatic heterocycles. The van der Waals surface area contributed by atoms with Crippen LogP contribution >= 0.6 is 0 Å². The lowest BCUT2D eigenvalue weighted by Gasteiger charge is -2.29. The van der Waals surface area contributed by atoms with E-state index in [4.69, 9.17) is 4.74 Å². The summed E-state index contributed by atoms with van der Waals surface area (Å²) in [5.74, 6) is 0.775. The summed E-state index contributed by atoms with van der Waals surface area (Å²) in [6.07, 6.45) is 1.84. The van der Waals surface area contributed by atoms with E-state index < -0.39 is 0 Å². The topological polar surface area (TPSA) is 61.8 Å². The van der Waals surface area contributed by atoms with Crippen molar-refractivity contribution in [2.75, 3.05) is 25.1 Å². The van der Waals surface area contributed by atoms with Gasteiger partial charge in [0.1, 0.15) is 5.75 Å². The molecular weight excluding hydrogens is 316 g/mol. The van der Waals surface area contributed by atoms with Gasteiger partial charge in [-0.15, -0.1) is 0 Å². The van der Waals surface area contributed by atoms with E-state index in [2.05, 4.69) is 17.4 Å². The SMILES string of the molecule is CCOc1ccc(NC(=O)N(CCO)C2CCc3ccccc32)cc1. The smallest absolute Gasteiger partial charge is 0.322 e. The van der Waals surface area contributed by atoms with E-state index >= 15 is 0 Å². The predicted octanol–water partition coefficient (Wildman–Crippen LogP) is 3.60. The van der Waals surface area contributed by atoms with Crippen LogP contribution in [0, 0.1) is 0 Å². The van der Waals surface area contributed by atoms with Gasteiger partial charge in [-0.3, -0.25) is 0 Å². The number of amides is 2. The third-order valence-electron chi connectivity index (χ3n) is 4.50. The third kappa shape index (κ3) is 3.94. The van der Waals surface area contributed by atoms with Crippen LogP contribution in [0.2, 0.25) is 0 Å². The summed E-state index contributed by atoms with van der Waals surface area (Å²) in [7, 11) is 0. The Kier molecular flexibility index (Phi) is 5.56. The molecule has 0 heterocycles. The van der Waals surface area contributed by atoms with Gasteiger partial charge < -0.3 is 20.1 Å². The number of aliphatic hydroxyl groups excluding tert-OH is 1. The van der Waals surface area contributed by atoms with Crippen molar-refractivity contribution < 1.29 is 14.6 Å². The fraction of sp³-hybridized carbons (Fsp3) is 0.350. The van der Waals surface area contributed by atoms with Crippen LogP contribution in [0.1, 0.15) is 30.5 Å². The lowest BCUT2D eigenvalue weighted by atomic mass is 10.1. The van der Waals surface area contributed by atoms with E-state index in [0.29, 0.717) is 18.8 Å². The predicted molar refractivity (Wildman–Crippen MR) is 97.9 cm³/mol. The molecule has 1 unspecified atom stereocenters. The summed E-state index contributed by atoms with van der Waals surface area (Å²) >= 11 is 0. The molecule has 0 fully saturated rings. The first-order valence-electron chi connectivity index (χ1n) is 8.72. The van der Waals surface area contributed by atoms with Gasteiger partial charge in [0, 0.05) is 12.2 Å². The minimum Gasteiger partial charge on any atom is -0.494 e. The normalized spacial score (nSPS) is 15.5. The van der Waals surface area contributed by atoms with Crippen molar-refractivity contribution in [3.63, 3.8) is 0 Å². The molecule has 25 heavy (non-hydrogen) atoms. The summed E-state index contributed by atoms with van der Waals surface area (Å²) in [4.78, 5) is 14.5. The second-order valence-corrected chi connectivity index (χ2v) is 6.06. The van der Waals surface area contributed by atoms with Gasteiger partial charge in [-0.05, 0) is 55.2 Å². The van der Waals surface area contributed by atoms with Crippen molar-refractivity contribution in [2.45, 2.75) is 25.8 Å². The number of nitrogens with one attached hydrogen (secondary N) is 1. The molecule has 132 valence electrons.